The van der Waals surface area contributed by atoms with Crippen molar-refractivity contribution in [3.05, 3.63) is 17.5 Å². The Morgan fingerprint density at radius 3 is 2.91 bits per heavy atom. The van der Waals surface area contributed by atoms with E-state index in [4.69, 9.17) is 9.84 Å². The van der Waals surface area contributed by atoms with E-state index in [2.05, 4.69) is 10.00 Å². The topological polar surface area (TPSA) is 70.8 Å². The molecule has 0 saturated carbocycles. The summed E-state index contributed by atoms with van der Waals surface area (Å²) < 4.78 is 7.11. The van der Waals surface area contributed by atoms with Gasteiger partial charge in [-0.1, -0.05) is 0 Å². The zero-order valence-electron chi connectivity index (χ0n) is 13.8. The maximum atomic E-state index is 12.8. The molecule has 2 aliphatic rings. The van der Waals surface area contributed by atoms with Gasteiger partial charge in [0.2, 0.25) is 5.91 Å². The molecule has 1 atom stereocenters. The molecule has 3 heterocycles. The van der Waals surface area contributed by atoms with Gasteiger partial charge in [0.1, 0.15) is 0 Å². The Hall–Kier alpha value is -1.44. The van der Waals surface area contributed by atoms with Gasteiger partial charge in [-0.2, -0.15) is 5.10 Å². The van der Waals surface area contributed by atoms with Crippen LogP contribution in [0.15, 0.2) is 6.20 Å². The number of aliphatic hydroxyl groups excluding tert-OH is 1. The molecule has 0 aliphatic carbocycles. The van der Waals surface area contributed by atoms with Crippen LogP contribution in [0.25, 0.3) is 0 Å². The van der Waals surface area contributed by atoms with E-state index in [0.717, 1.165) is 37.2 Å². The maximum Gasteiger partial charge on any atom is 0.240 e. The molecule has 1 aromatic rings. The SMILES string of the molecule is Cc1nn(CCO)cc1CN1CCC[C@H]1C(=O)N1CCOCC1. The van der Waals surface area contributed by atoms with Gasteiger partial charge in [0.05, 0.1) is 38.1 Å². The van der Waals surface area contributed by atoms with Crippen LogP contribution >= 0.6 is 0 Å². The van der Waals surface area contributed by atoms with Crippen molar-refractivity contribution in [1.82, 2.24) is 19.6 Å². The van der Waals surface area contributed by atoms with Gasteiger partial charge in [-0.25, -0.2) is 0 Å². The molecule has 0 bridgehead atoms. The summed E-state index contributed by atoms with van der Waals surface area (Å²) in [5.74, 6) is 0.242. The minimum Gasteiger partial charge on any atom is -0.394 e. The van der Waals surface area contributed by atoms with Crippen molar-refractivity contribution in [3.63, 3.8) is 0 Å². The number of rotatable bonds is 5. The molecular formula is C16H26N4O3. The Balaban J connectivity index is 1.65. The lowest BCUT2D eigenvalue weighted by molar-refractivity contribution is -0.140. The van der Waals surface area contributed by atoms with Crippen molar-refractivity contribution in [2.45, 2.75) is 38.9 Å². The van der Waals surface area contributed by atoms with Crippen molar-refractivity contribution in [2.75, 3.05) is 39.5 Å². The molecule has 7 nitrogen and oxygen atoms in total. The Bertz CT molecular complexity index is 539. The summed E-state index contributed by atoms with van der Waals surface area (Å²) >= 11 is 0. The number of hydrogen-bond acceptors (Lipinski definition) is 5. The fraction of sp³-hybridized carbons (Fsp3) is 0.750. The number of aliphatic hydroxyl groups is 1. The van der Waals surface area contributed by atoms with Crippen molar-refractivity contribution in [2.24, 2.45) is 0 Å². The minimum atomic E-state index is -0.0197. The molecule has 0 aromatic carbocycles. The first-order valence-electron chi connectivity index (χ1n) is 8.43. The van der Waals surface area contributed by atoms with E-state index in [9.17, 15) is 4.79 Å². The summed E-state index contributed by atoms with van der Waals surface area (Å²) in [6.07, 6.45) is 3.98. The van der Waals surface area contributed by atoms with E-state index in [0.29, 0.717) is 32.8 Å². The van der Waals surface area contributed by atoms with Crippen molar-refractivity contribution in [3.8, 4) is 0 Å². The van der Waals surface area contributed by atoms with E-state index in [1.54, 1.807) is 4.68 Å². The lowest BCUT2D eigenvalue weighted by Crippen LogP contribution is -2.49. The lowest BCUT2D eigenvalue weighted by atomic mass is 10.1. The molecule has 128 valence electrons. The monoisotopic (exact) mass is 322 g/mol. The number of amides is 1. The van der Waals surface area contributed by atoms with Gasteiger partial charge in [-0.15, -0.1) is 0 Å². The molecule has 1 N–H and O–H groups in total. The summed E-state index contributed by atoms with van der Waals surface area (Å²) in [5, 5.41) is 13.5. The van der Waals surface area contributed by atoms with Gasteiger partial charge in [0.15, 0.2) is 0 Å². The quantitative estimate of drug-likeness (QED) is 0.827. The van der Waals surface area contributed by atoms with Gasteiger partial charge >= 0.3 is 0 Å². The molecule has 0 spiro atoms. The number of likely N-dealkylation sites (tertiary alicyclic amines) is 1. The number of hydrogen-bond donors (Lipinski definition) is 1. The van der Waals surface area contributed by atoms with Gasteiger partial charge in [-0.05, 0) is 26.3 Å². The minimum absolute atomic E-state index is 0.0197. The van der Waals surface area contributed by atoms with Crippen LogP contribution in [0.4, 0.5) is 0 Å². The van der Waals surface area contributed by atoms with Gasteiger partial charge in [0.25, 0.3) is 0 Å². The number of ether oxygens (including phenoxy) is 1. The van der Waals surface area contributed by atoms with E-state index in [-0.39, 0.29) is 18.6 Å². The molecular weight excluding hydrogens is 296 g/mol. The smallest absolute Gasteiger partial charge is 0.240 e. The van der Waals surface area contributed by atoms with E-state index in [1.165, 1.54) is 0 Å². The average Bonchev–Trinajstić information content (AvgIpc) is 3.15. The van der Waals surface area contributed by atoms with Crippen molar-refractivity contribution in [1.29, 1.82) is 0 Å². The highest BCUT2D eigenvalue weighted by Gasteiger charge is 2.34. The fourth-order valence-electron chi connectivity index (χ4n) is 3.44. The molecule has 0 unspecified atom stereocenters. The highest BCUT2D eigenvalue weighted by Crippen LogP contribution is 2.23. The third kappa shape index (κ3) is 3.73. The third-order valence-electron chi connectivity index (χ3n) is 4.72. The van der Waals surface area contributed by atoms with Crippen molar-refractivity contribution < 1.29 is 14.6 Å². The number of morpholine rings is 1. The van der Waals surface area contributed by atoms with Crippen LogP contribution in [0.1, 0.15) is 24.1 Å². The van der Waals surface area contributed by atoms with E-state index < -0.39 is 0 Å². The Morgan fingerprint density at radius 1 is 1.39 bits per heavy atom. The van der Waals surface area contributed by atoms with Crippen LogP contribution in [-0.4, -0.2) is 76.1 Å². The summed E-state index contributed by atoms with van der Waals surface area (Å²) in [6, 6.07) is -0.0197. The second-order valence-corrected chi connectivity index (χ2v) is 6.29. The first kappa shape index (κ1) is 16.4. The van der Waals surface area contributed by atoms with Gasteiger partial charge in [0, 0.05) is 31.4 Å². The molecule has 23 heavy (non-hydrogen) atoms. The van der Waals surface area contributed by atoms with E-state index in [1.807, 2.05) is 18.0 Å². The Kier molecular flexibility index (Phi) is 5.30. The number of nitrogens with zero attached hydrogens (tertiary/aromatic N) is 4. The van der Waals surface area contributed by atoms with Gasteiger partial charge < -0.3 is 14.7 Å². The number of aryl methyl sites for hydroxylation is 1. The highest BCUT2D eigenvalue weighted by molar-refractivity contribution is 5.82. The zero-order chi connectivity index (χ0) is 16.2. The van der Waals surface area contributed by atoms with Gasteiger partial charge in [-0.3, -0.25) is 14.4 Å². The van der Waals surface area contributed by atoms with Crippen LogP contribution in [0, 0.1) is 6.92 Å². The summed E-state index contributed by atoms with van der Waals surface area (Å²) in [5.41, 5.74) is 2.11. The van der Waals surface area contributed by atoms with Crippen LogP contribution < -0.4 is 0 Å². The first-order valence-corrected chi connectivity index (χ1v) is 8.43. The Morgan fingerprint density at radius 2 is 2.17 bits per heavy atom. The van der Waals surface area contributed by atoms with Crippen LogP contribution in [0.2, 0.25) is 0 Å². The summed E-state index contributed by atoms with van der Waals surface area (Å²) in [6.45, 7) is 6.98. The summed E-state index contributed by atoms with van der Waals surface area (Å²) in [7, 11) is 0. The standard InChI is InChI=1S/C16H26N4O3/c1-13-14(12-20(17-13)5-8-21)11-19-4-2-3-15(19)16(22)18-6-9-23-10-7-18/h12,15,21H,2-11H2,1H3/t15-/m0/s1. The van der Waals surface area contributed by atoms with E-state index >= 15 is 0 Å². The largest absolute Gasteiger partial charge is 0.394 e. The predicted octanol–water partition coefficient (Wildman–Crippen LogP) is 0.00702. The number of aromatic nitrogens is 2. The van der Waals surface area contributed by atoms with Crippen LogP contribution in [0.5, 0.6) is 0 Å². The second kappa shape index (κ2) is 7.42. The summed E-state index contributed by atoms with van der Waals surface area (Å²) in [4.78, 5) is 17.0. The molecule has 1 aromatic heterocycles. The third-order valence-corrected chi connectivity index (χ3v) is 4.72. The second-order valence-electron chi connectivity index (χ2n) is 6.29. The van der Waals surface area contributed by atoms with Crippen LogP contribution in [0.3, 0.4) is 0 Å². The number of carbonyl (C=O) groups excluding carboxylic acids is 1. The molecule has 7 heteroatoms. The fourth-order valence-corrected chi connectivity index (χ4v) is 3.44. The molecule has 1 amide bonds. The number of carbonyl (C=O) groups is 1. The predicted molar refractivity (Wildman–Crippen MR) is 84.9 cm³/mol. The molecule has 3 rings (SSSR count). The highest BCUT2D eigenvalue weighted by atomic mass is 16.5. The molecule has 2 saturated heterocycles. The Labute approximate surface area is 136 Å². The lowest BCUT2D eigenvalue weighted by Gasteiger charge is -2.32. The van der Waals surface area contributed by atoms with Crippen molar-refractivity contribution >= 4 is 5.91 Å². The molecule has 2 aliphatic heterocycles. The normalized spacial score (nSPS) is 22.7. The average molecular weight is 322 g/mol. The zero-order valence-corrected chi connectivity index (χ0v) is 13.8. The molecule has 0 radical (unpaired) electrons. The van der Waals surface area contributed by atoms with Crippen LogP contribution in [-0.2, 0) is 22.6 Å². The maximum absolute atomic E-state index is 12.8. The molecule has 2 fully saturated rings. The first-order chi connectivity index (χ1) is 11.2.